The third-order valence-electron chi connectivity index (χ3n) is 11.9. The fourth-order valence-electron chi connectivity index (χ4n) is 7.75. The summed E-state index contributed by atoms with van der Waals surface area (Å²) >= 11 is 0. The maximum absolute atomic E-state index is 13.8. The SMILES string of the molecule is C=CC(=O)Nc1cccc(Nc2nc(Nc3cnc(N4CCN(C(C)=O)CC4)cc3OC)ncc2C(F)(F)F)c1.C=CC(=O)Nc1cccc(Nc2nc(Nc3cnc(N4CCN(C)CC4)cc3OC)ncc2C(F)(F)F)c1. The van der Waals surface area contributed by atoms with Crippen LogP contribution >= 0.6 is 0 Å². The topological polar surface area (TPSA) is 232 Å². The number of piperazine rings is 2. The lowest BCUT2D eigenvalue weighted by Crippen LogP contribution is -2.48. The van der Waals surface area contributed by atoms with Crippen molar-refractivity contribution in [1.29, 1.82) is 0 Å². The van der Waals surface area contributed by atoms with Crippen LogP contribution in [0.4, 0.5) is 95.6 Å². The lowest BCUT2D eigenvalue weighted by atomic mass is 10.2. The number of pyridine rings is 2. The second kappa shape index (κ2) is 25.0. The molecule has 2 aromatic carbocycles. The highest BCUT2D eigenvalue weighted by Crippen LogP contribution is 2.39. The van der Waals surface area contributed by atoms with Crippen LogP contribution in [0.25, 0.3) is 0 Å². The number of likely N-dealkylation sites (N-methyl/N-ethyl adjacent to an activating group) is 1. The Bertz CT molecular complexity index is 3130. The summed E-state index contributed by atoms with van der Waals surface area (Å²) < 4.78 is 93.4. The fraction of sp³-hybridized carbons (Fsp3) is 0.275. The third-order valence-corrected chi connectivity index (χ3v) is 11.9. The molecule has 2 aliphatic heterocycles. The highest BCUT2D eigenvalue weighted by atomic mass is 19.4. The molecule has 78 heavy (non-hydrogen) atoms. The molecule has 2 saturated heterocycles. The number of carbonyl (C=O) groups excluding carboxylic acids is 3. The van der Waals surface area contributed by atoms with Crippen LogP contribution in [-0.4, -0.2) is 131 Å². The first-order valence-electron chi connectivity index (χ1n) is 23.8. The van der Waals surface area contributed by atoms with Gasteiger partial charge in [0.05, 0.1) is 26.6 Å². The molecule has 4 aromatic heterocycles. The first-order chi connectivity index (χ1) is 37.2. The molecule has 0 atom stereocenters. The van der Waals surface area contributed by atoms with Crippen LogP contribution in [0.1, 0.15) is 18.1 Å². The molecule has 0 bridgehead atoms. The number of amides is 3. The van der Waals surface area contributed by atoms with Gasteiger partial charge in [-0.1, -0.05) is 25.3 Å². The summed E-state index contributed by atoms with van der Waals surface area (Å²) in [6.07, 6.45) is -2.90. The molecule has 6 heterocycles. The predicted molar refractivity (Wildman–Crippen MR) is 283 cm³/mol. The van der Waals surface area contributed by atoms with Crippen LogP contribution in [-0.2, 0) is 26.7 Å². The Balaban J connectivity index is 0.000000226. The number of anilines is 12. The number of halogens is 6. The van der Waals surface area contributed by atoms with Gasteiger partial charge in [-0.15, -0.1) is 0 Å². The molecule has 0 saturated carbocycles. The van der Waals surface area contributed by atoms with Crippen LogP contribution < -0.4 is 51.2 Å². The van der Waals surface area contributed by atoms with E-state index >= 15 is 0 Å². The minimum absolute atomic E-state index is 0.0160. The highest BCUT2D eigenvalue weighted by Gasteiger charge is 2.37. The maximum atomic E-state index is 13.8. The molecule has 2 fully saturated rings. The van der Waals surface area contributed by atoms with Gasteiger partial charge in [0.2, 0.25) is 29.6 Å². The molecule has 6 aromatic rings. The van der Waals surface area contributed by atoms with Crippen LogP contribution in [0, 0.1) is 0 Å². The van der Waals surface area contributed by atoms with E-state index in [1.165, 1.54) is 51.7 Å². The third kappa shape index (κ3) is 15.0. The lowest BCUT2D eigenvalue weighted by Gasteiger charge is -2.35. The van der Waals surface area contributed by atoms with Gasteiger partial charge in [-0.25, -0.2) is 19.9 Å². The minimum atomic E-state index is -4.73. The van der Waals surface area contributed by atoms with Crippen LogP contribution in [0.3, 0.4) is 0 Å². The Hall–Kier alpha value is -9.27. The van der Waals surface area contributed by atoms with E-state index < -0.39 is 46.9 Å². The molecule has 21 nitrogen and oxygen atoms in total. The molecule has 0 radical (unpaired) electrons. The van der Waals surface area contributed by atoms with Crippen molar-refractivity contribution < 1.29 is 50.2 Å². The molecule has 0 spiro atoms. The van der Waals surface area contributed by atoms with E-state index in [1.54, 1.807) is 47.4 Å². The van der Waals surface area contributed by atoms with Crippen molar-refractivity contribution in [3.8, 4) is 11.5 Å². The number of methoxy groups -OCH3 is 2. The van der Waals surface area contributed by atoms with Crippen LogP contribution in [0.2, 0.25) is 0 Å². The molecule has 8 rings (SSSR count). The van der Waals surface area contributed by atoms with Crippen molar-refractivity contribution in [2.75, 3.05) is 115 Å². The Morgan fingerprint density at radius 3 is 1.33 bits per heavy atom. The standard InChI is InChI=1S/C26H27F3N8O3.C25H27F3N8O2/c1-4-23(39)32-17-6-5-7-18(12-17)33-24-19(26(27,28)29)14-31-25(35-24)34-20-15-30-22(13-21(20)40-3)37-10-8-36(9-11-37)16(2)38;1-4-22(37)31-16-6-5-7-17(12-16)32-23-18(25(26,27)28)14-30-24(34-23)33-19-15-29-21(13-20(19)38-3)36-10-8-35(2)9-11-36/h4-7,12-15H,1,8-11H2,2-3H3,(H,32,39)(H2,31,33,34,35);4-7,12-15H,1,8-11H2,2-3H3,(H,31,37)(H2,30,32,33,34). The number of carbonyl (C=O) groups is 3. The summed E-state index contributed by atoms with van der Waals surface area (Å²) in [7, 11) is 5.01. The van der Waals surface area contributed by atoms with E-state index in [-0.39, 0.29) is 29.2 Å². The highest BCUT2D eigenvalue weighted by molar-refractivity contribution is 5.99. The number of benzene rings is 2. The van der Waals surface area contributed by atoms with E-state index in [1.807, 2.05) is 4.90 Å². The largest absolute Gasteiger partial charge is 0.494 e. The fourth-order valence-corrected chi connectivity index (χ4v) is 7.75. The maximum Gasteiger partial charge on any atom is 0.421 e. The molecule has 2 aliphatic rings. The average Bonchev–Trinajstić information content (AvgIpc) is 3.46. The zero-order valence-electron chi connectivity index (χ0n) is 42.6. The van der Waals surface area contributed by atoms with Gasteiger partial charge < -0.3 is 61.0 Å². The molecule has 6 N–H and O–H groups in total. The number of alkyl halides is 6. The molecule has 0 aliphatic carbocycles. The molecule has 27 heteroatoms. The Morgan fingerprint density at radius 1 is 0.564 bits per heavy atom. The summed E-state index contributed by atoms with van der Waals surface area (Å²) in [6, 6.07) is 15.8. The van der Waals surface area contributed by atoms with Crippen molar-refractivity contribution in [2.24, 2.45) is 0 Å². The van der Waals surface area contributed by atoms with Gasteiger partial charge >= 0.3 is 12.4 Å². The van der Waals surface area contributed by atoms with Gasteiger partial charge in [-0.05, 0) is 55.6 Å². The zero-order valence-corrected chi connectivity index (χ0v) is 42.6. The number of hydrogen-bond acceptors (Lipinski definition) is 18. The second-order valence-electron chi connectivity index (χ2n) is 17.2. The Morgan fingerprint density at radius 2 is 0.962 bits per heavy atom. The van der Waals surface area contributed by atoms with Gasteiger partial charge in [-0.2, -0.15) is 36.3 Å². The van der Waals surface area contributed by atoms with Crippen molar-refractivity contribution >= 4 is 87.0 Å². The Labute approximate surface area is 443 Å². The van der Waals surface area contributed by atoms with E-state index in [0.717, 1.165) is 44.1 Å². The van der Waals surface area contributed by atoms with Crippen LogP contribution in [0.5, 0.6) is 11.5 Å². The van der Waals surface area contributed by atoms with Crippen LogP contribution in [0.15, 0.2) is 111 Å². The molecular weight excluding hydrogens is 1030 g/mol. The lowest BCUT2D eigenvalue weighted by molar-refractivity contribution is -0.138. The molecule has 0 unspecified atom stereocenters. The van der Waals surface area contributed by atoms with Crippen molar-refractivity contribution in [1.82, 2.24) is 39.7 Å². The van der Waals surface area contributed by atoms with Crippen molar-refractivity contribution in [2.45, 2.75) is 19.3 Å². The van der Waals surface area contributed by atoms with E-state index in [0.29, 0.717) is 78.6 Å². The summed E-state index contributed by atoms with van der Waals surface area (Å²) in [5.41, 5.74) is -0.142. The van der Waals surface area contributed by atoms with Gasteiger partial charge in [0.1, 0.15) is 57.3 Å². The number of rotatable bonds is 16. The molecular formula is C51H54F6N16O5. The van der Waals surface area contributed by atoms with Crippen molar-refractivity contribution in [3.05, 3.63) is 122 Å². The van der Waals surface area contributed by atoms with Gasteiger partial charge in [0.15, 0.2) is 0 Å². The minimum Gasteiger partial charge on any atom is -0.494 e. The number of nitrogens with zero attached hydrogens (tertiary/aromatic N) is 10. The number of aromatic nitrogens is 6. The smallest absolute Gasteiger partial charge is 0.421 e. The van der Waals surface area contributed by atoms with Gasteiger partial charge in [0, 0.05) is 107 Å². The normalized spacial score (nSPS) is 13.7. The van der Waals surface area contributed by atoms with E-state index in [4.69, 9.17) is 9.47 Å². The zero-order chi connectivity index (χ0) is 56.1. The van der Waals surface area contributed by atoms with E-state index in [2.05, 4.69) is 91.8 Å². The van der Waals surface area contributed by atoms with Gasteiger partial charge in [-0.3, -0.25) is 14.4 Å². The second-order valence-corrected chi connectivity index (χ2v) is 17.2. The number of nitrogens with one attached hydrogen (secondary N) is 6. The summed E-state index contributed by atoms with van der Waals surface area (Å²) in [5, 5.41) is 16.2. The summed E-state index contributed by atoms with van der Waals surface area (Å²) in [5.74, 6) is 0.0965. The van der Waals surface area contributed by atoms with Crippen molar-refractivity contribution in [3.63, 3.8) is 0 Å². The first kappa shape index (κ1) is 56.5. The average molecular weight is 1090 g/mol. The number of hydrogen-bond donors (Lipinski definition) is 6. The number of ether oxygens (including phenoxy) is 2. The molecule has 410 valence electrons. The predicted octanol–water partition coefficient (Wildman–Crippen LogP) is 8.44. The quantitative estimate of drug-likeness (QED) is 0.0394. The van der Waals surface area contributed by atoms with E-state index in [9.17, 15) is 40.7 Å². The summed E-state index contributed by atoms with van der Waals surface area (Å²) in [4.78, 5) is 67.7. The summed E-state index contributed by atoms with van der Waals surface area (Å²) in [6.45, 7) is 14.0. The monoisotopic (exact) mass is 1080 g/mol. The Kier molecular flexibility index (Phi) is 18.1. The first-order valence-corrected chi connectivity index (χ1v) is 23.8. The molecule has 3 amide bonds. The van der Waals surface area contributed by atoms with Gasteiger partial charge in [0.25, 0.3) is 0 Å².